The lowest BCUT2D eigenvalue weighted by atomic mass is 10.0. The first-order valence-corrected chi connectivity index (χ1v) is 7.32. The minimum absolute atomic E-state index is 0.180. The number of nitriles is 1. The molecule has 1 unspecified atom stereocenters. The van der Waals surface area contributed by atoms with Crippen LogP contribution in [0.3, 0.4) is 0 Å². The maximum Gasteiger partial charge on any atom is 0.328 e. The molecule has 1 aromatic carbocycles. The van der Waals surface area contributed by atoms with Crippen molar-refractivity contribution in [3.63, 3.8) is 0 Å². The van der Waals surface area contributed by atoms with Gasteiger partial charge in [-0.15, -0.1) is 0 Å². The van der Waals surface area contributed by atoms with E-state index in [1.807, 2.05) is 26.0 Å². The SMILES string of the molecule is COC(=O)C(CC(C)C)NC(=O)CCc1ccc(C#N)cc1. The molecule has 0 saturated carbocycles. The maximum atomic E-state index is 12.0. The molecule has 1 N–H and O–H groups in total. The molecule has 0 fully saturated rings. The summed E-state index contributed by atoms with van der Waals surface area (Å²) in [5, 5.41) is 11.5. The summed E-state index contributed by atoms with van der Waals surface area (Å²) in [6.45, 7) is 3.97. The highest BCUT2D eigenvalue weighted by Crippen LogP contribution is 2.08. The van der Waals surface area contributed by atoms with Gasteiger partial charge >= 0.3 is 5.97 Å². The van der Waals surface area contributed by atoms with E-state index in [1.54, 1.807) is 12.1 Å². The number of methoxy groups -OCH3 is 1. The van der Waals surface area contributed by atoms with Gasteiger partial charge in [-0.2, -0.15) is 5.26 Å². The van der Waals surface area contributed by atoms with Crippen LogP contribution < -0.4 is 5.32 Å². The van der Waals surface area contributed by atoms with E-state index in [0.29, 0.717) is 18.4 Å². The Labute approximate surface area is 131 Å². The number of carbonyl (C=O) groups is 2. The maximum absolute atomic E-state index is 12.0. The van der Waals surface area contributed by atoms with Crippen molar-refractivity contribution in [3.8, 4) is 6.07 Å². The Bertz CT molecular complexity index is 544. The topological polar surface area (TPSA) is 79.2 Å². The Morgan fingerprint density at radius 2 is 1.91 bits per heavy atom. The van der Waals surface area contributed by atoms with E-state index in [4.69, 9.17) is 10.00 Å². The summed E-state index contributed by atoms with van der Waals surface area (Å²) in [5.74, 6) is -0.316. The Kier molecular flexibility index (Phi) is 7.11. The summed E-state index contributed by atoms with van der Waals surface area (Å²) in [7, 11) is 1.32. The van der Waals surface area contributed by atoms with E-state index in [0.717, 1.165) is 5.56 Å². The van der Waals surface area contributed by atoms with Crippen LogP contribution in [0, 0.1) is 17.2 Å². The van der Waals surface area contributed by atoms with Gasteiger partial charge in [0.2, 0.25) is 5.91 Å². The number of rotatable bonds is 7. The molecule has 1 atom stereocenters. The third-order valence-corrected chi connectivity index (χ3v) is 3.25. The second-order valence-electron chi connectivity index (χ2n) is 5.58. The largest absolute Gasteiger partial charge is 0.467 e. The van der Waals surface area contributed by atoms with E-state index >= 15 is 0 Å². The van der Waals surface area contributed by atoms with Crippen LogP contribution >= 0.6 is 0 Å². The molecule has 0 aromatic heterocycles. The first kappa shape index (κ1) is 17.7. The van der Waals surface area contributed by atoms with E-state index in [2.05, 4.69) is 11.4 Å². The van der Waals surface area contributed by atoms with E-state index in [1.165, 1.54) is 7.11 Å². The molecule has 0 aliphatic carbocycles. The van der Waals surface area contributed by atoms with Crippen molar-refractivity contribution >= 4 is 11.9 Å². The molecule has 22 heavy (non-hydrogen) atoms. The molecule has 0 aliphatic heterocycles. The van der Waals surface area contributed by atoms with Crippen molar-refractivity contribution in [1.29, 1.82) is 5.26 Å². The predicted molar refractivity (Wildman–Crippen MR) is 82.9 cm³/mol. The quantitative estimate of drug-likeness (QED) is 0.783. The molecule has 0 radical (unpaired) electrons. The van der Waals surface area contributed by atoms with Crippen LogP contribution in [0.5, 0.6) is 0 Å². The monoisotopic (exact) mass is 302 g/mol. The smallest absolute Gasteiger partial charge is 0.328 e. The number of hydrogen-bond acceptors (Lipinski definition) is 4. The highest BCUT2D eigenvalue weighted by atomic mass is 16.5. The van der Waals surface area contributed by atoms with Crippen molar-refractivity contribution in [3.05, 3.63) is 35.4 Å². The van der Waals surface area contributed by atoms with Gasteiger partial charge in [0.15, 0.2) is 0 Å². The summed E-state index contributed by atoms with van der Waals surface area (Å²) in [6.07, 6.45) is 1.40. The van der Waals surface area contributed by atoms with Crippen molar-refractivity contribution in [1.82, 2.24) is 5.32 Å². The molecule has 0 aliphatic rings. The third-order valence-electron chi connectivity index (χ3n) is 3.25. The molecule has 0 bridgehead atoms. The fourth-order valence-electron chi connectivity index (χ4n) is 2.10. The second kappa shape index (κ2) is 8.83. The summed E-state index contributed by atoms with van der Waals surface area (Å²) >= 11 is 0. The van der Waals surface area contributed by atoms with Gasteiger partial charge in [0.05, 0.1) is 18.7 Å². The second-order valence-corrected chi connectivity index (χ2v) is 5.58. The standard InChI is InChI=1S/C17H22N2O3/c1-12(2)10-15(17(21)22-3)19-16(20)9-8-13-4-6-14(11-18)7-5-13/h4-7,12,15H,8-10H2,1-3H3,(H,19,20). The van der Waals surface area contributed by atoms with Gasteiger partial charge < -0.3 is 10.1 Å². The van der Waals surface area contributed by atoms with Crippen molar-refractivity contribution in [2.24, 2.45) is 5.92 Å². The zero-order valence-corrected chi connectivity index (χ0v) is 13.3. The predicted octanol–water partition coefficient (Wildman–Crippen LogP) is 2.19. The molecule has 1 rings (SSSR count). The van der Waals surface area contributed by atoms with Crippen LogP contribution in [0.15, 0.2) is 24.3 Å². The first-order chi connectivity index (χ1) is 10.5. The molecule has 5 nitrogen and oxygen atoms in total. The minimum atomic E-state index is -0.599. The average Bonchev–Trinajstić information content (AvgIpc) is 2.51. The summed E-state index contributed by atoms with van der Waals surface area (Å²) in [5.41, 5.74) is 1.57. The van der Waals surface area contributed by atoms with Gasteiger partial charge in [0, 0.05) is 6.42 Å². The summed E-state index contributed by atoms with van der Waals surface area (Å²) < 4.78 is 4.72. The molecular formula is C17H22N2O3. The average molecular weight is 302 g/mol. The lowest BCUT2D eigenvalue weighted by molar-refractivity contribution is -0.145. The van der Waals surface area contributed by atoms with E-state index in [-0.39, 0.29) is 18.2 Å². The van der Waals surface area contributed by atoms with Gasteiger partial charge in [0.1, 0.15) is 6.04 Å². The van der Waals surface area contributed by atoms with Crippen molar-refractivity contribution < 1.29 is 14.3 Å². The van der Waals surface area contributed by atoms with Gasteiger partial charge in [-0.3, -0.25) is 4.79 Å². The number of carbonyl (C=O) groups excluding carboxylic acids is 2. The third kappa shape index (κ3) is 5.96. The fraction of sp³-hybridized carbons (Fsp3) is 0.471. The summed E-state index contributed by atoms with van der Waals surface area (Å²) in [4.78, 5) is 23.6. The van der Waals surface area contributed by atoms with Crippen LogP contribution in [-0.2, 0) is 20.7 Å². The Hall–Kier alpha value is -2.35. The van der Waals surface area contributed by atoms with Gasteiger partial charge in [-0.05, 0) is 36.5 Å². The number of nitrogens with one attached hydrogen (secondary N) is 1. The molecule has 5 heteroatoms. The molecule has 0 heterocycles. The minimum Gasteiger partial charge on any atom is -0.467 e. The lowest BCUT2D eigenvalue weighted by Gasteiger charge is -2.18. The molecule has 1 amide bonds. The first-order valence-electron chi connectivity index (χ1n) is 7.32. The lowest BCUT2D eigenvalue weighted by Crippen LogP contribution is -2.42. The van der Waals surface area contributed by atoms with Crippen LogP contribution in [-0.4, -0.2) is 25.0 Å². The van der Waals surface area contributed by atoms with Crippen LogP contribution in [0.1, 0.15) is 37.8 Å². The number of esters is 1. The zero-order valence-electron chi connectivity index (χ0n) is 13.3. The van der Waals surface area contributed by atoms with Gasteiger partial charge in [-0.1, -0.05) is 26.0 Å². The number of nitrogens with zero attached hydrogens (tertiary/aromatic N) is 1. The number of amides is 1. The Morgan fingerprint density at radius 3 is 2.41 bits per heavy atom. The van der Waals surface area contributed by atoms with Gasteiger partial charge in [0.25, 0.3) is 0 Å². The van der Waals surface area contributed by atoms with E-state index < -0.39 is 12.0 Å². The zero-order chi connectivity index (χ0) is 16.5. The van der Waals surface area contributed by atoms with E-state index in [9.17, 15) is 9.59 Å². The van der Waals surface area contributed by atoms with Crippen LogP contribution in [0.2, 0.25) is 0 Å². The molecule has 0 spiro atoms. The van der Waals surface area contributed by atoms with Crippen LogP contribution in [0.4, 0.5) is 0 Å². The Balaban J connectivity index is 2.52. The Morgan fingerprint density at radius 1 is 1.27 bits per heavy atom. The van der Waals surface area contributed by atoms with Gasteiger partial charge in [-0.25, -0.2) is 4.79 Å². The highest BCUT2D eigenvalue weighted by molar-refractivity contribution is 5.84. The molecule has 118 valence electrons. The number of hydrogen-bond donors (Lipinski definition) is 1. The highest BCUT2D eigenvalue weighted by Gasteiger charge is 2.22. The molecular weight excluding hydrogens is 280 g/mol. The van der Waals surface area contributed by atoms with Crippen molar-refractivity contribution in [2.75, 3.05) is 7.11 Å². The van der Waals surface area contributed by atoms with Crippen molar-refractivity contribution in [2.45, 2.75) is 39.2 Å². The number of benzene rings is 1. The normalized spacial score (nSPS) is 11.6. The fourth-order valence-corrected chi connectivity index (χ4v) is 2.10. The molecule has 0 saturated heterocycles. The number of ether oxygens (including phenoxy) is 1. The summed E-state index contributed by atoms with van der Waals surface area (Å²) in [6, 6.07) is 8.57. The van der Waals surface area contributed by atoms with Crippen LogP contribution in [0.25, 0.3) is 0 Å². The number of aryl methyl sites for hydroxylation is 1. The molecule has 1 aromatic rings.